The number of hydrogen-bond donors (Lipinski definition) is 1. The van der Waals surface area contributed by atoms with Crippen LogP contribution in [0.3, 0.4) is 0 Å². The zero-order chi connectivity index (χ0) is 20.9. The third-order valence-corrected chi connectivity index (χ3v) is 5.72. The van der Waals surface area contributed by atoms with E-state index in [4.69, 9.17) is 21.1 Å². The van der Waals surface area contributed by atoms with Crippen molar-refractivity contribution in [3.63, 3.8) is 0 Å². The lowest BCUT2D eigenvalue weighted by molar-refractivity contribution is 0.283. The third kappa shape index (κ3) is 4.72. The van der Waals surface area contributed by atoms with Gasteiger partial charge in [0.15, 0.2) is 11.5 Å². The van der Waals surface area contributed by atoms with Crippen LogP contribution < -0.4 is 14.8 Å². The zero-order valence-electron chi connectivity index (χ0n) is 16.5. The Hall–Kier alpha value is -2.69. The van der Waals surface area contributed by atoms with Crippen LogP contribution in [0.25, 0.3) is 10.8 Å². The fraction of sp³-hybridized carbons (Fsp3) is 0.120. The van der Waals surface area contributed by atoms with E-state index in [0.717, 1.165) is 26.3 Å². The lowest BCUT2D eigenvalue weighted by atomic mass is 10.1. The Morgan fingerprint density at radius 2 is 1.70 bits per heavy atom. The lowest BCUT2D eigenvalue weighted by Crippen LogP contribution is -2.03. The molecule has 1 N–H and O–H groups in total. The minimum atomic E-state index is 0.457. The lowest BCUT2D eigenvalue weighted by Gasteiger charge is -2.16. The number of halogens is 2. The van der Waals surface area contributed by atoms with Crippen LogP contribution in [0.2, 0.25) is 5.02 Å². The molecule has 4 rings (SSSR count). The highest BCUT2D eigenvalue weighted by molar-refractivity contribution is 9.10. The van der Waals surface area contributed by atoms with E-state index in [-0.39, 0.29) is 0 Å². The molecule has 0 radical (unpaired) electrons. The first-order valence-electron chi connectivity index (χ1n) is 9.59. The van der Waals surface area contributed by atoms with E-state index in [2.05, 4.69) is 51.6 Å². The molecule has 0 aromatic heterocycles. The summed E-state index contributed by atoms with van der Waals surface area (Å²) in [5, 5.41) is 6.50. The van der Waals surface area contributed by atoms with Crippen LogP contribution in [0.5, 0.6) is 11.5 Å². The molecule has 0 amide bonds. The zero-order valence-corrected chi connectivity index (χ0v) is 18.8. The van der Waals surface area contributed by atoms with Crippen molar-refractivity contribution in [2.75, 3.05) is 12.4 Å². The minimum absolute atomic E-state index is 0.457. The summed E-state index contributed by atoms with van der Waals surface area (Å²) in [6.45, 7) is 1.11. The number of benzene rings is 4. The number of methoxy groups -OCH3 is 1. The van der Waals surface area contributed by atoms with E-state index < -0.39 is 0 Å². The minimum Gasteiger partial charge on any atom is -0.493 e. The maximum atomic E-state index is 6.18. The molecular weight excluding hydrogens is 462 g/mol. The molecule has 30 heavy (non-hydrogen) atoms. The summed E-state index contributed by atoms with van der Waals surface area (Å²) in [6, 6.07) is 26.2. The number of fused-ring (bicyclic) bond motifs is 1. The van der Waals surface area contributed by atoms with Crippen molar-refractivity contribution in [1.29, 1.82) is 0 Å². The summed E-state index contributed by atoms with van der Waals surface area (Å²) in [4.78, 5) is 0. The van der Waals surface area contributed by atoms with Crippen LogP contribution >= 0.6 is 27.5 Å². The highest BCUT2D eigenvalue weighted by Crippen LogP contribution is 2.37. The normalized spacial score (nSPS) is 10.8. The summed E-state index contributed by atoms with van der Waals surface area (Å²) in [5.74, 6) is 1.39. The molecule has 5 heteroatoms. The molecule has 4 aromatic rings. The molecule has 0 fully saturated rings. The Morgan fingerprint density at radius 3 is 2.50 bits per heavy atom. The van der Waals surface area contributed by atoms with Gasteiger partial charge in [-0.3, -0.25) is 0 Å². The summed E-state index contributed by atoms with van der Waals surface area (Å²) in [6.07, 6.45) is 0. The Morgan fingerprint density at radius 1 is 0.933 bits per heavy atom. The van der Waals surface area contributed by atoms with Gasteiger partial charge in [-0.15, -0.1) is 0 Å². The molecule has 4 aromatic carbocycles. The fourth-order valence-corrected chi connectivity index (χ4v) is 4.09. The molecule has 152 valence electrons. The molecule has 0 aliphatic heterocycles. The van der Waals surface area contributed by atoms with Gasteiger partial charge in [-0.25, -0.2) is 0 Å². The summed E-state index contributed by atoms with van der Waals surface area (Å²) >= 11 is 9.60. The molecule has 0 aliphatic rings. The van der Waals surface area contributed by atoms with Crippen molar-refractivity contribution in [3.05, 3.63) is 99.5 Å². The second-order valence-corrected chi connectivity index (χ2v) is 8.19. The van der Waals surface area contributed by atoms with Gasteiger partial charge in [0.2, 0.25) is 0 Å². The van der Waals surface area contributed by atoms with Crippen molar-refractivity contribution in [2.24, 2.45) is 0 Å². The van der Waals surface area contributed by atoms with Crippen molar-refractivity contribution in [3.8, 4) is 11.5 Å². The molecule has 3 nitrogen and oxygen atoms in total. The highest BCUT2D eigenvalue weighted by Gasteiger charge is 2.13. The van der Waals surface area contributed by atoms with Gasteiger partial charge >= 0.3 is 0 Å². The first-order valence-corrected chi connectivity index (χ1v) is 10.8. The predicted octanol–water partition coefficient (Wildman–Crippen LogP) is 7.46. The van der Waals surface area contributed by atoms with Crippen LogP contribution in [0.4, 0.5) is 5.69 Å². The Kier molecular flexibility index (Phi) is 6.46. The van der Waals surface area contributed by atoms with Gasteiger partial charge in [-0.2, -0.15) is 0 Å². The Bertz CT molecular complexity index is 1160. The second kappa shape index (κ2) is 9.41. The predicted molar refractivity (Wildman–Crippen MR) is 128 cm³/mol. The standard InChI is InChI=1S/C25H21BrClNO2/c1-29-24-14-17(15-28-21-11-9-20(27)10-12-21)13-23(26)25(24)30-16-19-7-4-6-18-5-2-3-8-22(18)19/h2-14,28H,15-16H2,1H3. The van der Waals surface area contributed by atoms with Crippen molar-refractivity contribution in [2.45, 2.75) is 13.2 Å². The molecule has 0 aliphatic carbocycles. The fourth-order valence-electron chi connectivity index (χ4n) is 3.36. The largest absolute Gasteiger partial charge is 0.493 e. The van der Waals surface area contributed by atoms with Crippen molar-refractivity contribution >= 4 is 44.0 Å². The van der Waals surface area contributed by atoms with E-state index in [9.17, 15) is 0 Å². The van der Waals surface area contributed by atoms with E-state index in [1.807, 2.05) is 48.5 Å². The molecular formula is C25H21BrClNO2. The van der Waals surface area contributed by atoms with Gasteiger partial charge in [-0.05, 0) is 74.2 Å². The maximum absolute atomic E-state index is 6.18. The van der Waals surface area contributed by atoms with Gasteiger partial charge in [0.25, 0.3) is 0 Å². The smallest absolute Gasteiger partial charge is 0.175 e. The average molecular weight is 483 g/mol. The quantitative estimate of drug-likeness (QED) is 0.296. The van der Waals surface area contributed by atoms with Gasteiger partial charge in [-0.1, -0.05) is 54.1 Å². The molecule has 0 saturated heterocycles. The molecule has 0 unspecified atom stereocenters. The topological polar surface area (TPSA) is 30.5 Å². The second-order valence-electron chi connectivity index (χ2n) is 6.90. The van der Waals surface area contributed by atoms with E-state index in [0.29, 0.717) is 24.7 Å². The number of nitrogens with one attached hydrogen (secondary N) is 1. The van der Waals surface area contributed by atoms with E-state index in [1.54, 1.807) is 7.11 Å². The molecule has 0 bridgehead atoms. The van der Waals surface area contributed by atoms with Gasteiger partial charge < -0.3 is 14.8 Å². The van der Waals surface area contributed by atoms with Crippen LogP contribution in [-0.4, -0.2) is 7.11 Å². The Labute approximate surface area is 189 Å². The number of rotatable bonds is 7. The third-order valence-electron chi connectivity index (χ3n) is 4.88. The van der Waals surface area contributed by atoms with Crippen LogP contribution in [0.1, 0.15) is 11.1 Å². The number of ether oxygens (including phenoxy) is 2. The SMILES string of the molecule is COc1cc(CNc2ccc(Cl)cc2)cc(Br)c1OCc1cccc2ccccc12. The molecule has 0 spiro atoms. The van der Waals surface area contributed by atoms with Crippen molar-refractivity contribution in [1.82, 2.24) is 0 Å². The average Bonchev–Trinajstić information content (AvgIpc) is 2.77. The first kappa shape index (κ1) is 20.6. The van der Waals surface area contributed by atoms with Crippen molar-refractivity contribution < 1.29 is 9.47 Å². The van der Waals surface area contributed by atoms with Gasteiger partial charge in [0, 0.05) is 17.3 Å². The highest BCUT2D eigenvalue weighted by atomic mass is 79.9. The van der Waals surface area contributed by atoms with Crippen LogP contribution in [0.15, 0.2) is 83.3 Å². The summed E-state index contributed by atoms with van der Waals surface area (Å²) in [7, 11) is 1.66. The number of hydrogen-bond acceptors (Lipinski definition) is 3. The Balaban J connectivity index is 1.51. The monoisotopic (exact) mass is 481 g/mol. The van der Waals surface area contributed by atoms with E-state index >= 15 is 0 Å². The first-order chi connectivity index (χ1) is 14.6. The molecule has 0 atom stereocenters. The van der Waals surface area contributed by atoms with E-state index in [1.165, 1.54) is 10.8 Å². The van der Waals surface area contributed by atoms with Gasteiger partial charge in [0.05, 0.1) is 11.6 Å². The molecule has 0 heterocycles. The van der Waals surface area contributed by atoms with Crippen LogP contribution in [-0.2, 0) is 13.2 Å². The summed E-state index contributed by atoms with van der Waals surface area (Å²) < 4.78 is 12.6. The maximum Gasteiger partial charge on any atom is 0.175 e. The van der Waals surface area contributed by atoms with Crippen LogP contribution in [0, 0.1) is 0 Å². The molecule has 0 saturated carbocycles. The summed E-state index contributed by atoms with van der Waals surface area (Å²) in [5.41, 5.74) is 3.22. The number of anilines is 1. The van der Waals surface area contributed by atoms with Gasteiger partial charge in [0.1, 0.15) is 6.61 Å².